The molecule has 0 spiro atoms. The normalized spacial score (nSPS) is 35.2. The molecule has 0 aromatic rings. The second kappa shape index (κ2) is 7.74. The minimum Gasteiger partial charge on any atom is -0.388 e. The van der Waals surface area contributed by atoms with Gasteiger partial charge in [-0.25, -0.2) is 17.6 Å². The number of amides is 2. The van der Waals surface area contributed by atoms with Gasteiger partial charge in [-0.05, 0) is 13.8 Å². The predicted molar refractivity (Wildman–Crippen MR) is 91.1 cm³/mol. The number of carbonyl (C=O) groups is 1. The monoisotopic (exact) mass is 416 g/mol. The molecule has 2 fully saturated rings. The number of hydrogen-bond acceptors (Lipinski definition) is 8. The Morgan fingerprint density at radius 3 is 2.38 bits per heavy atom. The van der Waals surface area contributed by atoms with E-state index >= 15 is 0 Å². The summed E-state index contributed by atoms with van der Waals surface area (Å²) in [7, 11) is -2.52. The smallest absolute Gasteiger partial charge is 0.335 e. The number of ether oxygens (including phenoxy) is 2. The van der Waals surface area contributed by atoms with Crippen LogP contribution in [-0.2, 0) is 19.3 Å². The van der Waals surface area contributed by atoms with E-state index in [0.717, 1.165) is 4.42 Å². The molecule has 152 valence electrons. The number of sulfone groups is 1. The number of halogens is 1. The minimum absolute atomic E-state index is 0.0600. The van der Waals surface area contributed by atoms with Gasteiger partial charge in [0, 0.05) is 32.0 Å². The fraction of sp³-hybridized carbons (Fsp3) is 0.929. The third-order valence-electron chi connectivity index (χ3n) is 4.54. The Morgan fingerprint density at radius 2 is 1.88 bits per heavy atom. The van der Waals surface area contributed by atoms with Crippen LogP contribution in [0.5, 0.6) is 0 Å². The number of nitrogens with zero attached hydrogens (tertiary/aromatic N) is 2. The van der Waals surface area contributed by atoms with Crippen LogP contribution in [0.3, 0.4) is 0 Å². The molecule has 12 heteroatoms. The van der Waals surface area contributed by atoms with Crippen LogP contribution in [0.15, 0.2) is 0 Å². The highest BCUT2D eigenvalue weighted by atomic mass is 35.5. The summed E-state index contributed by atoms with van der Waals surface area (Å²) in [4.78, 5) is 13.4. The van der Waals surface area contributed by atoms with Gasteiger partial charge in [0.15, 0.2) is 16.1 Å². The van der Waals surface area contributed by atoms with Crippen LogP contribution >= 0.6 is 11.8 Å². The molecule has 2 aliphatic heterocycles. The van der Waals surface area contributed by atoms with Gasteiger partial charge in [-0.15, -0.1) is 0 Å². The summed E-state index contributed by atoms with van der Waals surface area (Å²) in [6.07, 6.45) is -7.19. The lowest BCUT2D eigenvalue weighted by Gasteiger charge is -2.39. The van der Waals surface area contributed by atoms with Gasteiger partial charge in [0.1, 0.15) is 24.4 Å². The summed E-state index contributed by atoms with van der Waals surface area (Å²) in [6.45, 7) is 3.74. The van der Waals surface area contributed by atoms with E-state index in [1.807, 2.05) is 0 Å². The average molecular weight is 417 g/mol. The maximum Gasteiger partial charge on any atom is 0.335 e. The minimum atomic E-state index is -3.74. The average Bonchev–Trinajstić information content (AvgIpc) is 2.76. The van der Waals surface area contributed by atoms with Gasteiger partial charge in [-0.2, -0.15) is 0 Å². The molecule has 2 aliphatic rings. The lowest BCUT2D eigenvalue weighted by atomic mass is 10.00. The van der Waals surface area contributed by atoms with Crippen molar-refractivity contribution in [2.24, 2.45) is 0 Å². The largest absolute Gasteiger partial charge is 0.388 e. The summed E-state index contributed by atoms with van der Waals surface area (Å²) in [5.41, 5.74) is -0.614. The molecule has 0 bridgehead atoms. The maximum atomic E-state index is 12.4. The third-order valence-corrected chi connectivity index (χ3v) is 6.78. The van der Waals surface area contributed by atoms with E-state index in [4.69, 9.17) is 21.3 Å². The molecule has 2 amide bonds. The molecule has 3 N–H and O–H groups in total. The van der Waals surface area contributed by atoms with Gasteiger partial charge in [-0.1, -0.05) is 0 Å². The van der Waals surface area contributed by atoms with E-state index in [1.165, 1.54) is 12.0 Å². The van der Waals surface area contributed by atoms with Crippen LogP contribution in [0.2, 0.25) is 0 Å². The number of urea groups is 1. The first kappa shape index (κ1) is 21.6. The van der Waals surface area contributed by atoms with E-state index in [1.54, 1.807) is 13.8 Å². The zero-order chi connectivity index (χ0) is 19.9. The highest BCUT2D eigenvalue weighted by Gasteiger charge is 2.46. The number of carbonyl (C=O) groups excluding carboxylic acids is 1. The number of aliphatic hydroxyl groups excluding tert-OH is 3. The Morgan fingerprint density at radius 1 is 1.27 bits per heavy atom. The van der Waals surface area contributed by atoms with Crippen LogP contribution in [0.25, 0.3) is 0 Å². The van der Waals surface area contributed by atoms with Crippen LogP contribution < -0.4 is 0 Å². The van der Waals surface area contributed by atoms with E-state index in [-0.39, 0.29) is 18.8 Å². The molecule has 0 aromatic heterocycles. The summed E-state index contributed by atoms with van der Waals surface area (Å²) in [6, 6.07) is -0.473. The number of rotatable bonds is 6. The number of aliphatic hydroxyl groups is 3. The molecule has 26 heavy (non-hydrogen) atoms. The van der Waals surface area contributed by atoms with Gasteiger partial charge < -0.3 is 29.7 Å². The molecule has 0 radical (unpaired) electrons. The zero-order valence-electron chi connectivity index (χ0n) is 14.8. The van der Waals surface area contributed by atoms with Crippen molar-refractivity contribution in [2.75, 3.05) is 31.7 Å². The molecule has 2 saturated heterocycles. The van der Waals surface area contributed by atoms with Crippen LogP contribution in [0.1, 0.15) is 13.8 Å². The van der Waals surface area contributed by atoms with E-state index in [2.05, 4.69) is 0 Å². The second-order valence-electron chi connectivity index (χ2n) is 7.16. The van der Waals surface area contributed by atoms with Gasteiger partial charge in [-0.3, -0.25) is 0 Å². The Bertz CT molecular complexity index is 628. The van der Waals surface area contributed by atoms with Crippen molar-refractivity contribution < 1.29 is 38.0 Å². The highest BCUT2D eigenvalue weighted by Crippen LogP contribution is 2.28. The molecule has 0 saturated carbocycles. The van der Waals surface area contributed by atoms with Gasteiger partial charge in [0.2, 0.25) is 0 Å². The van der Waals surface area contributed by atoms with Gasteiger partial charge >= 0.3 is 6.03 Å². The van der Waals surface area contributed by atoms with Crippen LogP contribution in [0.4, 0.5) is 4.79 Å². The lowest BCUT2D eigenvalue weighted by molar-refractivity contribution is -0.285. The fourth-order valence-corrected chi connectivity index (χ4v) is 4.59. The SMILES string of the molecule is CO[C@@H]1O[C@H](CS(=O)(=O)CCN2CC(C)(C)N(Cl)C2=O)[C@@H](O)[C@H](O)[C@H]1O. The number of methoxy groups -OCH3 is 1. The number of hydrogen-bond donors (Lipinski definition) is 3. The van der Waals surface area contributed by atoms with Crippen LogP contribution in [0, 0.1) is 0 Å². The van der Waals surface area contributed by atoms with Crippen molar-refractivity contribution in [3.05, 3.63) is 0 Å². The molecule has 0 aliphatic carbocycles. The van der Waals surface area contributed by atoms with Crippen LogP contribution in [-0.4, -0.2) is 107 Å². The molecular formula is C14H25ClN2O8S. The van der Waals surface area contributed by atoms with Crippen molar-refractivity contribution in [2.45, 2.75) is 50.1 Å². The first-order valence-corrected chi connectivity index (χ1v) is 10.2. The molecular weight excluding hydrogens is 392 g/mol. The lowest BCUT2D eigenvalue weighted by Crippen LogP contribution is -2.59. The second-order valence-corrected chi connectivity index (χ2v) is 9.73. The summed E-state index contributed by atoms with van der Waals surface area (Å²) in [5.74, 6) is -0.948. The first-order chi connectivity index (χ1) is 11.9. The van der Waals surface area contributed by atoms with E-state index in [0.29, 0.717) is 0 Å². The van der Waals surface area contributed by atoms with Crippen molar-refractivity contribution in [1.29, 1.82) is 0 Å². The van der Waals surface area contributed by atoms with Crippen molar-refractivity contribution in [1.82, 2.24) is 9.32 Å². The van der Waals surface area contributed by atoms with Crippen molar-refractivity contribution in [3.63, 3.8) is 0 Å². The van der Waals surface area contributed by atoms with Gasteiger partial charge in [0.25, 0.3) is 0 Å². The topological polar surface area (TPSA) is 137 Å². The van der Waals surface area contributed by atoms with Crippen molar-refractivity contribution in [3.8, 4) is 0 Å². The Kier molecular flexibility index (Phi) is 6.43. The maximum absolute atomic E-state index is 12.4. The Hall–Kier alpha value is -0.690. The molecule has 2 rings (SSSR count). The Balaban J connectivity index is 1.97. The third kappa shape index (κ3) is 4.41. The summed E-state index contributed by atoms with van der Waals surface area (Å²) < 4.78 is 35.9. The van der Waals surface area contributed by atoms with Gasteiger partial charge in [0.05, 0.1) is 17.0 Å². The van der Waals surface area contributed by atoms with Crippen molar-refractivity contribution >= 4 is 27.6 Å². The highest BCUT2D eigenvalue weighted by molar-refractivity contribution is 7.91. The predicted octanol–water partition coefficient (Wildman–Crippen LogP) is -1.47. The molecule has 2 heterocycles. The molecule has 10 nitrogen and oxygen atoms in total. The Labute approximate surface area is 157 Å². The standard InChI is InChI=1S/C14H25ClN2O8S/c1-14(2)7-16(13(21)17(14)15)4-5-26(22,23)6-8-9(18)10(19)11(20)12(24-3)25-8/h8-12,18-20H,4-7H2,1-3H3/t8-,9-,10+,11-,12-/m1/s1. The molecule has 5 atom stereocenters. The molecule has 0 unspecified atom stereocenters. The first-order valence-electron chi connectivity index (χ1n) is 8.07. The quantitative estimate of drug-likeness (QED) is 0.446. The summed E-state index contributed by atoms with van der Waals surface area (Å²) in [5, 5.41) is 29.5. The van der Waals surface area contributed by atoms with E-state index < -0.39 is 57.9 Å². The summed E-state index contributed by atoms with van der Waals surface area (Å²) >= 11 is 5.91. The fourth-order valence-electron chi connectivity index (χ4n) is 2.99. The zero-order valence-corrected chi connectivity index (χ0v) is 16.4. The molecule has 0 aromatic carbocycles. The van der Waals surface area contributed by atoms with E-state index in [9.17, 15) is 28.5 Å².